The van der Waals surface area contributed by atoms with Gasteiger partial charge in [0.1, 0.15) is 11.6 Å². The van der Waals surface area contributed by atoms with E-state index in [2.05, 4.69) is 26.1 Å². The second-order valence-electron chi connectivity index (χ2n) is 8.12. The van der Waals surface area contributed by atoms with Crippen molar-refractivity contribution in [3.63, 3.8) is 0 Å². The first-order chi connectivity index (χ1) is 16.8. The third-order valence-corrected chi connectivity index (χ3v) is 6.08. The van der Waals surface area contributed by atoms with Gasteiger partial charge >= 0.3 is 0 Å². The van der Waals surface area contributed by atoms with Gasteiger partial charge in [0, 0.05) is 31.1 Å². The number of nitrogens with one attached hydrogen (secondary N) is 3. The zero-order valence-electron chi connectivity index (χ0n) is 19.6. The molecule has 3 N–H and O–H groups in total. The lowest BCUT2D eigenvalue weighted by Gasteiger charge is -2.13. The molecule has 182 valence electrons. The Bertz CT molecular complexity index is 1270. The molecule has 3 amide bonds. The number of rotatable bonds is 9. The molecular formula is C24H26N6O4S. The third-order valence-electron chi connectivity index (χ3n) is 5.15. The summed E-state index contributed by atoms with van der Waals surface area (Å²) < 4.78 is 7.27. The molecule has 0 aliphatic heterocycles. The molecule has 0 saturated heterocycles. The SMILES string of the molecule is COc1ccc(NC(C)=O)cc1NC(=O)CSc1nnc(C2CC2)n1-c1cccc(NC(C)=O)c1. The maximum atomic E-state index is 12.8. The summed E-state index contributed by atoms with van der Waals surface area (Å²) in [5.74, 6) is 1.11. The number of aromatic nitrogens is 3. The van der Waals surface area contributed by atoms with Crippen LogP contribution in [0.2, 0.25) is 0 Å². The average Bonchev–Trinajstić information content (AvgIpc) is 3.56. The minimum absolute atomic E-state index is 0.0850. The highest BCUT2D eigenvalue weighted by molar-refractivity contribution is 7.99. The Hall–Kier alpha value is -3.86. The number of hydrogen-bond donors (Lipinski definition) is 3. The predicted molar refractivity (Wildman–Crippen MR) is 134 cm³/mol. The summed E-state index contributed by atoms with van der Waals surface area (Å²) in [5, 5.41) is 17.6. The number of anilines is 3. The molecule has 0 bridgehead atoms. The fraction of sp³-hybridized carbons (Fsp3) is 0.292. The molecule has 0 unspecified atom stereocenters. The third kappa shape index (κ3) is 6.18. The van der Waals surface area contributed by atoms with E-state index in [4.69, 9.17) is 4.74 Å². The minimum atomic E-state index is -0.261. The number of thioether (sulfide) groups is 1. The summed E-state index contributed by atoms with van der Waals surface area (Å²) >= 11 is 1.26. The summed E-state index contributed by atoms with van der Waals surface area (Å²) in [7, 11) is 1.51. The summed E-state index contributed by atoms with van der Waals surface area (Å²) in [4.78, 5) is 35.6. The molecule has 2 aromatic carbocycles. The molecule has 1 saturated carbocycles. The van der Waals surface area contributed by atoms with Gasteiger partial charge in [-0.05, 0) is 49.2 Å². The van der Waals surface area contributed by atoms with Crippen molar-refractivity contribution < 1.29 is 19.1 Å². The van der Waals surface area contributed by atoms with Gasteiger partial charge in [-0.3, -0.25) is 19.0 Å². The van der Waals surface area contributed by atoms with Gasteiger partial charge in [-0.2, -0.15) is 0 Å². The molecule has 1 aliphatic carbocycles. The van der Waals surface area contributed by atoms with Crippen LogP contribution in [0.15, 0.2) is 47.6 Å². The van der Waals surface area contributed by atoms with Crippen molar-refractivity contribution in [1.82, 2.24) is 14.8 Å². The van der Waals surface area contributed by atoms with Crippen molar-refractivity contribution in [1.29, 1.82) is 0 Å². The Balaban J connectivity index is 1.52. The van der Waals surface area contributed by atoms with E-state index in [1.807, 2.05) is 28.8 Å². The van der Waals surface area contributed by atoms with Crippen LogP contribution in [0.3, 0.4) is 0 Å². The lowest BCUT2D eigenvalue weighted by atomic mass is 10.2. The van der Waals surface area contributed by atoms with Gasteiger partial charge in [0.25, 0.3) is 0 Å². The van der Waals surface area contributed by atoms with Gasteiger partial charge in [0.2, 0.25) is 17.7 Å². The second-order valence-corrected chi connectivity index (χ2v) is 9.06. The predicted octanol–water partition coefficient (Wildman–Crippen LogP) is 3.80. The van der Waals surface area contributed by atoms with Crippen LogP contribution in [0, 0.1) is 0 Å². The van der Waals surface area contributed by atoms with Gasteiger partial charge < -0.3 is 20.7 Å². The molecule has 35 heavy (non-hydrogen) atoms. The standard InChI is InChI=1S/C24H26N6O4S/c1-14(31)25-17-5-4-6-19(11-17)30-23(16-7-8-16)28-29-24(30)35-13-22(33)27-20-12-18(26-15(2)32)9-10-21(20)34-3/h4-6,9-12,16H,7-8,13H2,1-3H3,(H,25,31)(H,26,32)(H,27,33). The second kappa shape index (κ2) is 10.6. The summed E-state index contributed by atoms with van der Waals surface area (Å²) in [6.07, 6.45) is 2.08. The first kappa shape index (κ1) is 24.3. The first-order valence-corrected chi connectivity index (χ1v) is 12.0. The maximum Gasteiger partial charge on any atom is 0.234 e. The van der Waals surface area contributed by atoms with E-state index in [-0.39, 0.29) is 23.5 Å². The average molecular weight is 495 g/mol. The number of methoxy groups -OCH3 is 1. The van der Waals surface area contributed by atoms with Crippen LogP contribution in [0.25, 0.3) is 5.69 Å². The molecule has 1 aliphatic rings. The quantitative estimate of drug-likeness (QED) is 0.386. The Labute approximate surface area is 206 Å². The van der Waals surface area contributed by atoms with Crippen LogP contribution in [0.4, 0.5) is 17.1 Å². The largest absolute Gasteiger partial charge is 0.495 e. The normalized spacial score (nSPS) is 12.7. The molecule has 0 radical (unpaired) electrons. The Morgan fingerprint density at radius 2 is 1.71 bits per heavy atom. The highest BCUT2D eigenvalue weighted by Crippen LogP contribution is 2.41. The number of carbonyl (C=O) groups is 3. The number of hydrogen-bond acceptors (Lipinski definition) is 7. The lowest BCUT2D eigenvalue weighted by molar-refractivity contribution is -0.115. The van der Waals surface area contributed by atoms with Gasteiger partial charge in [-0.1, -0.05) is 17.8 Å². The zero-order chi connectivity index (χ0) is 24.9. The van der Waals surface area contributed by atoms with E-state index >= 15 is 0 Å². The Morgan fingerprint density at radius 1 is 1.00 bits per heavy atom. The van der Waals surface area contributed by atoms with Crippen LogP contribution in [0.1, 0.15) is 38.4 Å². The summed E-state index contributed by atoms with van der Waals surface area (Å²) in [6.45, 7) is 2.87. The van der Waals surface area contributed by atoms with Crippen molar-refractivity contribution in [2.24, 2.45) is 0 Å². The van der Waals surface area contributed by atoms with Crippen LogP contribution >= 0.6 is 11.8 Å². The molecule has 0 spiro atoms. The monoisotopic (exact) mass is 494 g/mol. The minimum Gasteiger partial charge on any atom is -0.495 e. The number of ether oxygens (including phenoxy) is 1. The van der Waals surface area contributed by atoms with Gasteiger partial charge in [0.15, 0.2) is 5.16 Å². The van der Waals surface area contributed by atoms with Crippen molar-refractivity contribution in [2.45, 2.75) is 37.8 Å². The zero-order valence-corrected chi connectivity index (χ0v) is 20.4. The fourth-order valence-electron chi connectivity index (χ4n) is 3.55. The lowest BCUT2D eigenvalue weighted by Crippen LogP contribution is -2.16. The first-order valence-electron chi connectivity index (χ1n) is 11.1. The molecule has 3 aromatic rings. The summed E-state index contributed by atoms with van der Waals surface area (Å²) in [6, 6.07) is 12.5. The molecule has 11 heteroatoms. The van der Waals surface area contributed by atoms with E-state index in [0.29, 0.717) is 33.9 Å². The van der Waals surface area contributed by atoms with Crippen LogP contribution in [0.5, 0.6) is 5.75 Å². The van der Waals surface area contributed by atoms with E-state index in [9.17, 15) is 14.4 Å². The number of carbonyl (C=O) groups excluding carboxylic acids is 3. The van der Waals surface area contributed by atoms with E-state index in [1.165, 1.54) is 32.7 Å². The van der Waals surface area contributed by atoms with Crippen LogP contribution in [-0.4, -0.2) is 45.3 Å². The molecule has 1 heterocycles. The van der Waals surface area contributed by atoms with E-state index in [1.54, 1.807) is 18.2 Å². The van der Waals surface area contributed by atoms with Crippen LogP contribution in [-0.2, 0) is 14.4 Å². The fourth-order valence-corrected chi connectivity index (χ4v) is 4.31. The van der Waals surface area contributed by atoms with Gasteiger partial charge in [-0.25, -0.2) is 0 Å². The Morgan fingerprint density at radius 3 is 2.37 bits per heavy atom. The molecular weight excluding hydrogens is 468 g/mol. The highest BCUT2D eigenvalue weighted by Gasteiger charge is 2.31. The van der Waals surface area contributed by atoms with E-state index < -0.39 is 0 Å². The Kier molecular flexibility index (Phi) is 7.35. The highest BCUT2D eigenvalue weighted by atomic mass is 32.2. The number of benzene rings is 2. The topological polar surface area (TPSA) is 127 Å². The maximum absolute atomic E-state index is 12.8. The molecule has 4 rings (SSSR count). The van der Waals surface area contributed by atoms with Crippen molar-refractivity contribution in [3.8, 4) is 11.4 Å². The van der Waals surface area contributed by atoms with Crippen molar-refractivity contribution in [3.05, 3.63) is 48.3 Å². The number of nitrogens with zero attached hydrogens (tertiary/aromatic N) is 3. The van der Waals surface area contributed by atoms with Gasteiger partial charge in [0.05, 0.1) is 24.2 Å². The van der Waals surface area contributed by atoms with Gasteiger partial charge in [-0.15, -0.1) is 10.2 Å². The van der Waals surface area contributed by atoms with Crippen molar-refractivity contribution >= 4 is 46.5 Å². The van der Waals surface area contributed by atoms with Crippen molar-refractivity contribution in [2.75, 3.05) is 28.8 Å². The molecule has 10 nitrogen and oxygen atoms in total. The van der Waals surface area contributed by atoms with E-state index in [0.717, 1.165) is 24.4 Å². The molecule has 0 atom stereocenters. The molecule has 1 aromatic heterocycles. The summed E-state index contributed by atoms with van der Waals surface area (Å²) in [5.41, 5.74) is 2.49. The van der Waals surface area contributed by atoms with Crippen LogP contribution < -0.4 is 20.7 Å². The number of amides is 3. The molecule has 1 fully saturated rings. The smallest absolute Gasteiger partial charge is 0.234 e.